The number of nitrogens with zero attached hydrogens (tertiary/aromatic N) is 2. The molecule has 0 bridgehead atoms. The molecule has 0 aliphatic heterocycles. The van der Waals surface area contributed by atoms with Crippen molar-refractivity contribution in [3.63, 3.8) is 0 Å². The summed E-state index contributed by atoms with van der Waals surface area (Å²) in [5, 5.41) is 9.13. The second-order valence-corrected chi connectivity index (χ2v) is 13.0. The summed E-state index contributed by atoms with van der Waals surface area (Å²) in [6.07, 6.45) is 0. The summed E-state index contributed by atoms with van der Waals surface area (Å²) < 4.78 is 15.3. The molecule has 234 valence electrons. The van der Waals surface area contributed by atoms with Crippen LogP contribution >= 0.6 is 0 Å². The van der Waals surface area contributed by atoms with Crippen LogP contribution in [-0.4, -0.2) is 4.57 Å². The van der Waals surface area contributed by atoms with Crippen LogP contribution in [0.3, 0.4) is 0 Å². The SMILES string of the molecule is c1ccc(-n2c3ccccc3c3cc(N(c4ccc5cc6c(cc5c4)oc4ccccc46)c4cccc5c4oc4ccccc45)ccc32)cc1. The van der Waals surface area contributed by atoms with Crippen molar-refractivity contribution in [3.8, 4) is 5.69 Å². The van der Waals surface area contributed by atoms with Gasteiger partial charge in [-0.1, -0.05) is 91.0 Å². The van der Waals surface area contributed by atoms with E-state index < -0.39 is 0 Å². The van der Waals surface area contributed by atoms with Crippen LogP contribution in [-0.2, 0) is 0 Å². The van der Waals surface area contributed by atoms with Gasteiger partial charge in [-0.25, -0.2) is 0 Å². The number of para-hydroxylation sites is 5. The molecule has 3 heterocycles. The number of aromatic nitrogens is 1. The number of hydrogen-bond donors (Lipinski definition) is 0. The zero-order valence-electron chi connectivity index (χ0n) is 26.9. The quantitative estimate of drug-likeness (QED) is 0.192. The molecule has 0 amide bonds. The molecule has 3 aromatic heterocycles. The molecule has 0 N–H and O–H groups in total. The van der Waals surface area contributed by atoms with Crippen LogP contribution in [0.1, 0.15) is 0 Å². The molecule has 0 atom stereocenters. The van der Waals surface area contributed by atoms with Crippen LogP contribution in [0.5, 0.6) is 0 Å². The first kappa shape index (κ1) is 27.2. The molecule has 4 nitrogen and oxygen atoms in total. The molecule has 0 saturated heterocycles. The summed E-state index contributed by atoms with van der Waals surface area (Å²) in [6.45, 7) is 0. The van der Waals surface area contributed by atoms with E-state index >= 15 is 0 Å². The van der Waals surface area contributed by atoms with E-state index in [2.05, 4.69) is 155 Å². The Morgan fingerprint density at radius 2 is 1.04 bits per heavy atom. The summed E-state index contributed by atoms with van der Waals surface area (Å²) in [6, 6.07) is 60.2. The average Bonchev–Trinajstić information content (AvgIpc) is 3.84. The van der Waals surface area contributed by atoms with Gasteiger partial charge in [0.25, 0.3) is 0 Å². The Hall–Kier alpha value is -6.78. The van der Waals surface area contributed by atoms with E-state index in [0.29, 0.717) is 0 Å². The average molecular weight is 641 g/mol. The van der Waals surface area contributed by atoms with E-state index in [1.165, 1.54) is 16.3 Å². The number of hydrogen-bond acceptors (Lipinski definition) is 3. The van der Waals surface area contributed by atoms with Gasteiger partial charge in [-0.15, -0.1) is 0 Å². The fourth-order valence-corrected chi connectivity index (χ4v) is 7.89. The minimum atomic E-state index is 0.855. The molecule has 0 radical (unpaired) electrons. The predicted octanol–water partition coefficient (Wildman–Crippen LogP) is 13.2. The molecule has 0 unspecified atom stereocenters. The minimum absolute atomic E-state index is 0.855. The molecular formula is C46H28N2O2. The smallest absolute Gasteiger partial charge is 0.159 e. The van der Waals surface area contributed by atoms with E-state index in [0.717, 1.165) is 82.9 Å². The molecule has 8 aromatic carbocycles. The van der Waals surface area contributed by atoms with Gasteiger partial charge in [-0.3, -0.25) is 0 Å². The summed E-state index contributed by atoms with van der Waals surface area (Å²) >= 11 is 0. The number of furan rings is 2. The highest BCUT2D eigenvalue weighted by atomic mass is 16.3. The van der Waals surface area contributed by atoms with E-state index in [1.54, 1.807) is 0 Å². The van der Waals surface area contributed by atoms with Crippen LogP contribution in [0.2, 0.25) is 0 Å². The monoisotopic (exact) mass is 640 g/mol. The molecule has 0 saturated carbocycles. The first-order valence-corrected chi connectivity index (χ1v) is 16.9. The van der Waals surface area contributed by atoms with Gasteiger partial charge in [0.05, 0.1) is 16.7 Å². The van der Waals surface area contributed by atoms with Gasteiger partial charge in [-0.05, 0) is 89.6 Å². The lowest BCUT2D eigenvalue weighted by Gasteiger charge is -2.26. The third kappa shape index (κ3) is 3.93. The van der Waals surface area contributed by atoms with Gasteiger partial charge < -0.3 is 18.3 Å². The Morgan fingerprint density at radius 1 is 0.380 bits per heavy atom. The van der Waals surface area contributed by atoms with Crippen molar-refractivity contribution in [2.45, 2.75) is 0 Å². The number of anilines is 3. The van der Waals surface area contributed by atoms with E-state index in [-0.39, 0.29) is 0 Å². The first-order valence-electron chi connectivity index (χ1n) is 16.9. The molecule has 0 aliphatic rings. The van der Waals surface area contributed by atoms with Crippen LogP contribution in [0.15, 0.2) is 179 Å². The standard InChI is InChI=1S/C46H28N2O2/c1-2-11-31(12-3-1)48-40-17-7-4-13-34(40)38-28-33(23-24-41(38)48)47(42-18-10-16-37-35-14-5-9-20-44(35)50-46(37)42)32-22-21-29-26-39-36-15-6-8-19-43(36)49-45(39)27-30(29)25-32/h1-28H. The molecule has 0 aliphatic carbocycles. The van der Waals surface area contributed by atoms with Gasteiger partial charge >= 0.3 is 0 Å². The second kappa shape index (κ2) is 10.4. The molecule has 4 heteroatoms. The van der Waals surface area contributed by atoms with Crippen LogP contribution < -0.4 is 4.90 Å². The fraction of sp³-hybridized carbons (Fsp3) is 0. The lowest BCUT2D eigenvalue weighted by atomic mass is 10.0. The third-order valence-electron chi connectivity index (χ3n) is 10.1. The Morgan fingerprint density at radius 3 is 1.90 bits per heavy atom. The Kier molecular flexibility index (Phi) is 5.63. The largest absolute Gasteiger partial charge is 0.456 e. The highest BCUT2D eigenvalue weighted by molar-refractivity contribution is 6.14. The lowest BCUT2D eigenvalue weighted by molar-refractivity contribution is 0.669. The Labute approximate surface area is 286 Å². The number of rotatable bonds is 4. The lowest BCUT2D eigenvalue weighted by Crippen LogP contribution is -2.10. The zero-order chi connectivity index (χ0) is 32.8. The summed E-state index contributed by atoms with van der Waals surface area (Å²) in [5.74, 6) is 0. The summed E-state index contributed by atoms with van der Waals surface area (Å²) in [4.78, 5) is 2.33. The van der Waals surface area contributed by atoms with Crippen molar-refractivity contribution >= 4 is 93.5 Å². The Balaban J connectivity index is 1.18. The van der Waals surface area contributed by atoms with Crippen LogP contribution in [0.4, 0.5) is 17.1 Å². The van der Waals surface area contributed by atoms with Crippen LogP contribution in [0, 0.1) is 0 Å². The maximum atomic E-state index is 6.65. The number of benzene rings is 8. The third-order valence-corrected chi connectivity index (χ3v) is 10.1. The molecule has 11 rings (SSSR count). The predicted molar refractivity (Wildman–Crippen MR) is 208 cm³/mol. The summed E-state index contributed by atoms with van der Waals surface area (Å²) in [7, 11) is 0. The topological polar surface area (TPSA) is 34.5 Å². The van der Waals surface area contributed by atoms with Crippen molar-refractivity contribution in [3.05, 3.63) is 170 Å². The van der Waals surface area contributed by atoms with Gasteiger partial charge in [0.2, 0.25) is 0 Å². The maximum absolute atomic E-state index is 6.65. The normalized spacial score (nSPS) is 12.0. The van der Waals surface area contributed by atoms with Crippen LogP contribution in [0.25, 0.3) is 82.1 Å². The zero-order valence-corrected chi connectivity index (χ0v) is 26.9. The van der Waals surface area contributed by atoms with Gasteiger partial charge in [0, 0.05) is 49.4 Å². The summed E-state index contributed by atoms with van der Waals surface area (Å²) in [5.41, 5.74) is 10.1. The molecule has 50 heavy (non-hydrogen) atoms. The van der Waals surface area contributed by atoms with Crippen molar-refractivity contribution in [1.82, 2.24) is 4.57 Å². The van der Waals surface area contributed by atoms with Gasteiger partial charge in [0.1, 0.15) is 16.7 Å². The second-order valence-electron chi connectivity index (χ2n) is 13.0. The first-order chi connectivity index (χ1) is 24.8. The van der Waals surface area contributed by atoms with Gasteiger partial charge in [-0.2, -0.15) is 0 Å². The van der Waals surface area contributed by atoms with Crippen molar-refractivity contribution < 1.29 is 8.83 Å². The molecular weight excluding hydrogens is 613 g/mol. The molecule has 0 spiro atoms. The molecule has 0 fully saturated rings. The maximum Gasteiger partial charge on any atom is 0.159 e. The van der Waals surface area contributed by atoms with Crippen molar-refractivity contribution in [1.29, 1.82) is 0 Å². The highest BCUT2D eigenvalue weighted by Crippen LogP contribution is 2.45. The van der Waals surface area contributed by atoms with E-state index in [1.807, 2.05) is 24.3 Å². The molecule has 11 aromatic rings. The van der Waals surface area contributed by atoms with E-state index in [4.69, 9.17) is 8.83 Å². The highest BCUT2D eigenvalue weighted by Gasteiger charge is 2.22. The van der Waals surface area contributed by atoms with Gasteiger partial charge in [0.15, 0.2) is 5.58 Å². The van der Waals surface area contributed by atoms with Crippen molar-refractivity contribution in [2.24, 2.45) is 0 Å². The van der Waals surface area contributed by atoms with E-state index in [9.17, 15) is 0 Å². The Bertz CT molecular complexity index is 3110. The van der Waals surface area contributed by atoms with Crippen molar-refractivity contribution in [2.75, 3.05) is 4.90 Å². The minimum Gasteiger partial charge on any atom is -0.456 e. The fourth-order valence-electron chi connectivity index (χ4n) is 7.89. The number of fused-ring (bicyclic) bond motifs is 10.